The third-order valence-corrected chi connectivity index (χ3v) is 5.01. The van der Waals surface area contributed by atoms with Gasteiger partial charge in [0.1, 0.15) is 0 Å². The van der Waals surface area contributed by atoms with Gasteiger partial charge >= 0.3 is 6.18 Å². The summed E-state index contributed by atoms with van der Waals surface area (Å²) < 4.78 is 41.1. The Kier molecular flexibility index (Phi) is 5.82. The lowest BCUT2D eigenvalue weighted by molar-refractivity contribution is -0.138. The Morgan fingerprint density at radius 2 is 1.85 bits per heavy atom. The minimum Gasteiger partial charge on any atom is -0.336 e. The number of carbonyl (C=O) groups excluding carboxylic acids is 1. The predicted octanol–water partition coefficient (Wildman–Crippen LogP) is 4.46. The number of nitrogens with zero attached hydrogens (tertiary/aromatic N) is 4. The molecule has 1 aromatic carbocycles. The summed E-state index contributed by atoms with van der Waals surface area (Å²) in [6.07, 6.45) is 3.84. The van der Waals surface area contributed by atoms with E-state index in [-0.39, 0.29) is 23.8 Å². The van der Waals surface area contributed by atoms with Crippen molar-refractivity contribution in [3.05, 3.63) is 47.3 Å². The van der Waals surface area contributed by atoms with Crippen LogP contribution < -0.4 is 0 Å². The van der Waals surface area contributed by atoms with Gasteiger partial charge in [-0.2, -0.15) is 13.2 Å². The summed E-state index contributed by atoms with van der Waals surface area (Å²) >= 11 is 0. The summed E-state index contributed by atoms with van der Waals surface area (Å²) in [4.78, 5) is 13.8. The SMILES string of the molecule is CN(Cc1ccccc1C(F)(F)F)C(=O)c1cn(C2CCCCCC2)nn1. The van der Waals surface area contributed by atoms with E-state index in [0.717, 1.165) is 31.7 Å². The Morgan fingerprint density at radius 1 is 1.19 bits per heavy atom. The monoisotopic (exact) mass is 380 g/mol. The number of halogens is 3. The van der Waals surface area contributed by atoms with Crippen molar-refractivity contribution in [2.24, 2.45) is 0 Å². The average molecular weight is 380 g/mol. The second kappa shape index (κ2) is 8.10. The molecule has 146 valence electrons. The van der Waals surface area contributed by atoms with E-state index in [2.05, 4.69) is 10.3 Å². The van der Waals surface area contributed by atoms with Gasteiger partial charge in [0.25, 0.3) is 5.91 Å². The third kappa shape index (κ3) is 4.67. The van der Waals surface area contributed by atoms with Crippen LogP contribution in [0.3, 0.4) is 0 Å². The molecule has 0 radical (unpaired) electrons. The van der Waals surface area contributed by atoms with Gasteiger partial charge in [0, 0.05) is 13.6 Å². The van der Waals surface area contributed by atoms with Crippen LogP contribution in [0, 0.1) is 0 Å². The van der Waals surface area contributed by atoms with Crippen LogP contribution in [0.5, 0.6) is 0 Å². The molecule has 27 heavy (non-hydrogen) atoms. The summed E-state index contributed by atoms with van der Waals surface area (Å²) in [6, 6.07) is 5.51. The molecule has 0 atom stereocenters. The van der Waals surface area contributed by atoms with E-state index >= 15 is 0 Å². The summed E-state index contributed by atoms with van der Waals surface area (Å²) in [6.45, 7) is -0.148. The minimum absolute atomic E-state index is 0.0528. The molecule has 1 amide bonds. The van der Waals surface area contributed by atoms with Crippen molar-refractivity contribution in [3.63, 3.8) is 0 Å². The van der Waals surface area contributed by atoms with Gasteiger partial charge in [0.2, 0.25) is 0 Å². The number of hydrogen-bond donors (Lipinski definition) is 0. The Balaban J connectivity index is 1.71. The molecule has 3 rings (SSSR count). The van der Waals surface area contributed by atoms with Crippen LogP contribution in [-0.4, -0.2) is 32.8 Å². The first-order valence-corrected chi connectivity index (χ1v) is 9.18. The number of rotatable bonds is 4. The maximum Gasteiger partial charge on any atom is 0.416 e. The van der Waals surface area contributed by atoms with Gasteiger partial charge in [0.05, 0.1) is 17.8 Å². The van der Waals surface area contributed by atoms with Crippen LogP contribution >= 0.6 is 0 Å². The van der Waals surface area contributed by atoms with E-state index in [1.165, 1.54) is 43.0 Å². The molecule has 1 heterocycles. The van der Waals surface area contributed by atoms with E-state index < -0.39 is 17.6 Å². The van der Waals surface area contributed by atoms with Crippen LogP contribution in [0.2, 0.25) is 0 Å². The average Bonchev–Trinajstić information content (AvgIpc) is 2.96. The molecule has 0 bridgehead atoms. The quantitative estimate of drug-likeness (QED) is 0.736. The predicted molar refractivity (Wildman–Crippen MR) is 94.0 cm³/mol. The van der Waals surface area contributed by atoms with Gasteiger partial charge in [0.15, 0.2) is 5.69 Å². The third-order valence-electron chi connectivity index (χ3n) is 5.01. The van der Waals surface area contributed by atoms with Gasteiger partial charge in [-0.1, -0.05) is 49.1 Å². The fourth-order valence-corrected chi connectivity index (χ4v) is 3.53. The number of aromatic nitrogens is 3. The molecule has 0 aliphatic heterocycles. The smallest absolute Gasteiger partial charge is 0.336 e. The molecule has 1 aromatic heterocycles. The number of benzene rings is 1. The van der Waals surface area contributed by atoms with Crippen molar-refractivity contribution in [1.82, 2.24) is 19.9 Å². The lowest BCUT2D eigenvalue weighted by Crippen LogP contribution is -2.27. The zero-order valence-electron chi connectivity index (χ0n) is 15.2. The summed E-state index contributed by atoms with van der Waals surface area (Å²) in [5.74, 6) is -0.438. The molecule has 0 spiro atoms. The summed E-state index contributed by atoms with van der Waals surface area (Å²) in [5, 5.41) is 8.04. The summed E-state index contributed by atoms with van der Waals surface area (Å²) in [5.41, 5.74) is -0.519. The lowest BCUT2D eigenvalue weighted by atomic mass is 10.1. The van der Waals surface area contributed by atoms with Crippen molar-refractivity contribution < 1.29 is 18.0 Å². The molecule has 1 saturated carbocycles. The highest BCUT2D eigenvalue weighted by Gasteiger charge is 2.33. The molecule has 5 nitrogen and oxygen atoms in total. The van der Waals surface area contributed by atoms with Crippen molar-refractivity contribution in [3.8, 4) is 0 Å². The topological polar surface area (TPSA) is 51.0 Å². The standard InChI is InChI=1S/C19H23F3N4O/c1-25(12-14-8-6-7-11-16(14)19(20,21)22)18(27)17-13-26(24-23-17)15-9-4-2-3-5-10-15/h6-8,11,13,15H,2-5,9-10,12H2,1H3. The molecular weight excluding hydrogens is 357 g/mol. The van der Waals surface area contributed by atoms with Crippen LogP contribution in [0.4, 0.5) is 13.2 Å². The van der Waals surface area contributed by atoms with Crippen molar-refractivity contribution in [1.29, 1.82) is 0 Å². The highest BCUT2D eigenvalue weighted by molar-refractivity contribution is 5.91. The zero-order valence-corrected chi connectivity index (χ0v) is 15.2. The Bertz CT molecular complexity index is 779. The fraction of sp³-hybridized carbons (Fsp3) is 0.526. The number of alkyl halides is 3. The molecular formula is C19H23F3N4O. The second-order valence-corrected chi connectivity index (χ2v) is 7.05. The largest absolute Gasteiger partial charge is 0.416 e. The molecule has 0 unspecified atom stereocenters. The Morgan fingerprint density at radius 3 is 2.52 bits per heavy atom. The molecule has 8 heteroatoms. The van der Waals surface area contributed by atoms with Crippen LogP contribution in [0.1, 0.15) is 66.2 Å². The van der Waals surface area contributed by atoms with Crippen LogP contribution in [-0.2, 0) is 12.7 Å². The van der Waals surface area contributed by atoms with Gasteiger partial charge < -0.3 is 4.90 Å². The second-order valence-electron chi connectivity index (χ2n) is 7.05. The highest BCUT2D eigenvalue weighted by atomic mass is 19.4. The van der Waals surface area contributed by atoms with E-state index in [1.807, 2.05) is 0 Å². The first-order valence-electron chi connectivity index (χ1n) is 9.18. The molecule has 1 aliphatic carbocycles. The molecule has 0 saturated heterocycles. The maximum atomic E-state index is 13.1. The van der Waals surface area contributed by atoms with E-state index in [1.54, 1.807) is 10.9 Å². The van der Waals surface area contributed by atoms with Crippen LogP contribution in [0.25, 0.3) is 0 Å². The lowest BCUT2D eigenvalue weighted by Gasteiger charge is -2.19. The fourth-order valence-electron chi connectivity index (χ4n) is 3.53. The number of carbonyl (C=O) groups is 1. The summed E-state index contributed by atoms with van der Waals surface area (Å²) in [7, 11) is 1.47. The highest BCUT2D eigenvalue weighted by Crippen LogP contribution is 2.32. The minimum atomic E-state index is -4.46. The van der Waals surface area contributed by atoms with E-state index in [9.17, 15) is 18.0 Å². The molecule has 1 aliphatic rings. The van der Waals surface area contributed by atoms with Crippen molar-refractivity contribution in [2.45, 2.75) is 57.3 Å². The maximum absolute atomic E-state index is 13.1. The first kappa shape index (κ1) is 19.4. The molecule has 2 aromatic rings. The molecule has 0 N–H and O–H groups in total. The zero-order chi connectivity index (χ0) is 19.4. The van der Waals surface area contributed by atoms with Crippen molar-refractivity contribution >= 4 is 5.91 Å². The first-order chi connectivity index (χ1) is 12.9. The number of hydrogen-bond acceptors (Lipinski definition) is 3. The van der Waals surface area contributed by atoms with E-state index in [0.29, 0.717) is 0 Å². The normalized spacial score (nSPS) is 16.1. The molecule has 1 fully saturated rings. The van der Waals surface area contributed by atoms with Gasteiger partial charge in [-0.3, -0.25) is 4.79 Å². The number of amides is 1. The van der Waals surface area contributed by atoms with Gasteiger partial charge in [-0.25, -0.2) is 4.68 Å². The van der Waals surface area contributed by atoms with Gasteiger partial charge in [-0.15, -0.1) is 5.10 Å². The Labute approximate surface area is 156 Å². The van der Waals surface area contributed by atoms with Crippen LogP contribution in [0.15, 0.2) is 30.5 Å². The van der Waals surface area contributed by atoms with Crippen molar-refractivity contribution in [2.75, 3.05) is 7.05 Å². The Hall–Kier alpha value is -2.38. The van der Waals surface area contributed by atoms with Gasteiger partial charge in [-0.05, 0) is 24.5 Å². The van der Waals surface area contributed by atoms with E-state index in [4.69, 9.17) is 0 Å².